The van der Waals surface area contributed by atoms with Crippen molar-refractivity contribution < 1.29 is 9.53 Å². The van der Waals surface area contributed by atoms with Crippen molar-refractivity contribution in [3.8, 4) is 6.07 Å². The van der Waals surface area contributed by atoms with Gasteiger partial charge < -0.3 is 4.74 Å². The lowest BCUT2D eigenvalue weighted by Gasteiger charge is -2.32. The predicted molar refractivity (Wildman–Crippen MR) is 47.4 cm³/mol. The Morgan fingerprint density at radius 1 is 1.69 bits per heavy atom. The maximum Gasteiger partial charge on any atom is 0.410 e. The number of carbonyl (C=O) groups excluding carboxylic acids is 1. The molecule has 0 saturated carbocycles. The molecule has 1 heterocycles. The number of ether oxygens (including phenoxy) is 1. The van der Waals surface area contributed by atoms with Gasteiger partial charge in [-0.3, -0.25) is 4.90 Å². The number of hydrogen-bond acceptors (Lipinski definition) is 3. The molecular weight excluding hydrogens is 192 g/mol. The van der Waals surface area contributed by atoms with Crippen LogP contribution >= 0.6 is 11.6 Å². The number of nitrogens with zero attached hydrogens (tertiary/aromatic N) is 2. The number of nitriles is 1. The summed E-state index contributed by atoms with van der Waals surface area (Å²) in [5.41, 5.74) is 0. The van der Waals surface area contributed by atoms with Crippen LogP contribution in [-0.4, -0.2) is 36.1 Å². The molecule has 1 amide bonds. The van der Waals surface area contributed by atoms with Crippen LogP contribution in [0.5, 0.6) is 0 Å². The van der Waals surface area contributed by atoms with E-state index < -0.39 is 6.09 Å². The van der Waals surface area contributed by atoms with Crippen LogP contribution in [0.15, 0.2) is 0 Å². The number of rotatable bonds is 0. The Morgan fingerprint density at radius 2 is 2.38 bits per heavy atom. The Kier molecular flexibility index (Phi) is 3.38. The maximum absolute atomic E-state index is 11.2. The quantitative estimate of drug-likeness (QED) is 0.557. The fourth-order valence-corrected chi connectivity index (χ4v) is 1.65. The van der Waals surface area contributed by atoms with Crippen molar-refractivity contribution in [1.82, 2.24) is 4.90 Å². The zero-order valence-electron chi connectivity index (χ0n) is 7.36. The third-order valence-electron chi connectivity index (χ3n) is 2.08. The van der Waals surface area contributed by atoms with Crippen molar-refractivity contribution in [2.45, 2.75) is 24.3 Å². The Morgan fingerprint density at radius 3 is 2.92 bits per heavy atom. The Bertz CT molecular complexity index is 239. The van der Waals surface area contributed by atoms with Gasteiger partial charge in [0.25, 0.3) is 0 Å². The fourth-order valence-electron chi connectivity index (χ4n) is 1.38. The van der Waals surface area contributed by atoms with E-state index in [1.807, 2.05) is 0 Å². The van der Waals surface area contributed by atoms with Gasteiger partial charge in [0.2, 0.25) is 0 Å². The number of halogens is 1. The summed E-state index contributed by atoms with van der Waals surface area (Å²) in [7, 11) is 1.30. The smallest absolute Gasteiger partial charge is 0.410 e. The number of alkyl halides is 1. The van der Waals surface area contributed by atoms with E-state index in [2.05, 4.69) is 10.8 Å². The second-order valence-electron chi connectivity index (χ2n) is 2.94. The van der Waals surface area contributed by atoms with E-state index in [1.165, 1.54) is 12.0 Å². The average molecular weight is 203 g/mol. The Labute approximate surface area is 82.0 Å². The second kappa shape index (κ2) is 4.33. The first-order valence-corrected chi connectivity index (χ1v) is 4.51. The molecule has 0 aromatic rings. The molecule has 1 saturated heterocycles. The van der Waals surface area contributed by atoms with Crippen molar-refractivity contribution in [2.75, 3.05) is 13.7 Å². The van der Waals surface area contributed by atoms with Gasteiger partial charge in [-0.05, 0) is 12.8 Å². The zero-order chi connectivity index (χ0) is 9.84. The summed E-state index contributed by atoms with van der Waals surface area (Å²) in [4.78, 5) is 12.6. The lowest BCUT2D eigenvalue weighted by molar-refractivity contribution is 0.103. The first kappa shape index (κ1) is 10.1. The van der Waals surface area contributed by atoms with Crippen LogP contribution in [0.3, 0.4) is 0 Å². The molecule has 0 aliphatic carbocycles. The molecule has 72 valence electrons. The normalized spacial score (nSPS) is 27.9. The van der Waals surface area contributed by atoms with E-state index in [-0.39, 0.29) is 11.4 Å². The summed E-state index contributed by atoms with van der Waals surface area (Å²) in [6.07, 6.45) is 0.921. The highest BCUT2D eigenvalue weighted by Crippen LogP contribution is 2.21. The van der Waals surface area contributed by atoms with Crippen LogP contribution in [0.1, 0.15) is 12.8 Å². The summed E-state index contributed by atoms with van der Waals surface area (Å²) in [6.45, 7) is 0.395. The van der Waals surface area contributed by atoms with E-state index in [0.717, 1.165) is 6.42 Å². The summed E-state index contributed by atoms with van der Waals surface area (Å²) < 4.78 is 4.55. The molecule has 0 radical (unpaired) electrons. The molecular formula is C8H11ClN2O2. The molecule has 13 heavy (non-hydrogen) atoms. The van der Waals surface area contributed by atoms with E-state index in [4.69, 9.17) is 16.9 Å². The van der Waals surface area contributed by atoms with Gasteiger partial charge in [-0.25, -0.2) is 4.79 Å². The van der Waals surface area contributed by atoms with Crippen LogP contribution in [0.2, 0.25) is 0 Å². The Balaban J connectivity index is 2.66. The standard InChI is InChI=1S/C8H11ClN2O2/c1-13-8(12)11-5-6(9)2-3-7(11)4-10/h6-7H,2-3,5H2,1H3/t6-,7-/m1/s1. The van der Waals surface area contributed by atoms with Crippen LogP contribution in [0.25, 0.3) is 0 Å². The number of hydrogen-bond donors (Lipinski definition) is 0. The maximum atomic E-state index is 11.2. The summed E-state index contributed by atoms with van der Waals surface area (Å²) in [6, 6.07) is 1.67. The molecule has 0 aromatic carbocycles. The van der Waals surface area contributed by atoms with Crippen LogP contribution in [0.4, 0.5) is 4.79 Å². The predicted octanol–water partition coefficient (Wildman–Crippen LogP) is 1.35. The number of carbonyl (C=O) groups is 1. The molecule has 0 spiro atoms. The highest BCUT2D eigenvalue weighted by Gasteiger charge is 2.31. The lowest BCUT2D eigenvalue weighted by Crippen LogP contribution is -2.46. The van der Waals surface area contributed by atoms with Gasteiger partial charge in [0.15, 0.2) is 0 Å². The number of amides is 1. The molecule has 0 aromatic heterocycles. The van der Waals surface area contributed by atoms with Gasteiger partial charge in [0.05, 0.1) is 18.6 Å². The van der Waals surface area contributed by atoms with Gasteiger partial charge in [-0.1, -0.05) is 0 Å². The van der Waals surface area contributed by atoms with E-state index in [9.17, 15) is 4.79 Å². The molecule has 4 nitrogen and oxygen atoms in total. The minimum atomic E-state index is -0.475. The van der Waals surface area contributed by atoms with Gasteiger partial charge in [0.1, 0.15) is 6.04 Å². The molecule has 0 N–H and O–H groups in total. The van der Waals surface area contributed by atoms with Crippen molar-refractivity contribution in [3.05, 3.63) is 0 Å². The van der Waals surface area contributed by atoms with Crippen molar-refractivity contribution >= 4 is 17.7 Å². The SMILES string of the molecule is COC(=O)N1C[C@H](Cl)CC[C@@H]1C#N. The minimum Gasteiger partial charge on any atom is -0.453 e. The van der Waals surface area contributed by atoms with Gasteiger partial charge in [-0.15, -0.1) is 11.6 Å². The number of piperidine rings is 1. The summed E-state index contributed by atoms with van der Waals surface area (Å²) >= 11 is 5.88. The summed E-state index contributed by atoms with van der Waals surface area (Å²) in [5, 5.41) is 8.68. The zero-order valence-corrected chi connectivity index (χ0v) is 8.12. The Hall–Kier alpha value is -0.950. The second-order valence-corrected chi connectivity index (χ2v) is 3.56. The van der Waals surface area contributed by atoms with Crippen LogP contribution < -0.4 is 0 Å². The first-order chi connectivity index (χ1) is 6.19. The van der Waals surface area contributed by atoms with E-state index in [0.29, 0.717) is 13.0 Å². The molecule has 1 fully saturated rings. The van der Waals surface area contributed by atoms with Gasteiger partial charge >= 0.3 is 6.09 Å². The van der Waals surface area contributed by atoms with Gasteiger partial charge in [-0.2, -0.15) is 5.26 Å². The monoisotopic (exact) mass is 202 g/mol. The van der Waals surface area contributed by atoms with Crippen molar-refractivity contribution in [3.63, 3.8) is 0 Å². The third-order valence-corrected chi connectivity index (χ3v) is 2.44. The molecule has 1 aliphatic heterocycles. The minimum absolute atomic E-state index is 0.0660. The highest BCUT2D eigenvalue weighted by atomic mass is 35.5. The molecule has 0 bridgehead atoms. The number of likely N-dealkylation sites (tertiary alicyclic amines) is 1. The summed E-state index contributed by atoms with van der Waals surface area (Å²) in [5.74, 6) is 0. The fraction of sp³-hybridized carbons (Fsp3) is 0.750. The highest BCUT2D eigenvalue weighted by molar-refractivity contribution is 6.20. The largest absolute Gasteiger partial charge is 0.453 e. The van der Waals surface area contributed by atoms with E-state index in [1.54, 1.807) is 0 Å². The third kappa shape index (κ3) is 2.25. The first-order valence-electron chi connectivity index (χ1n) is 4.07. The molecule has 1 aliphatic rings. The number of methoxy groups -OCH3 is 1. The van der Waals surface area contributed by atoms with Crippen LogP contribution in [-0.2, 0) is 4.74 Å². The van der Waals surface area contributed by atoms with Crippen molar-refractivity contribution in [1.29, 1.82) is 5.26 Å². The van der Waals surface area contributed by atoms with Crippen molar-refractivity contribution in [2.24, 2.45) is 0 Å². The molecule has 2 atom stereocenters. The topological polar surface area (TPSA) is 53.3 Å². The molecule has 1 rings (SSSR count). The van der Waals surface area contributed by atoms with Crippen LogP contribution in [0, 0.1) is 11.3 Å². The molecule has 0 unspecified atom stereocenters. The van der Waals surface area contributed by atoms with E-state index >= 15 is 0 Å². The lowest BCUT2D eigenvalue weighted by atomic mass is 10.0. The average Bonchev–Trinajstić information content (AvgIpc) is 2.16. The molecule has 5 heteroatoms. The van der Waals surface area contributed by atoms with Gasteiger partial charge in [0, 0.05) is 6.54 Å².